The van der Waals surface area contributed by atoms with Gasteiger partial charge in [0.1, 0.15) is 6.04 Å². The molecule has 0 radical (unpaired) electrons. The summed E-state index contributed by atoms with van der Waals surface area (Å²) in [5.74, 6) is -2.37. The van der Waals surface area contributed by atoms with E-state index >= 15 is 0 Å². The molecule has 1 rings (SSSR count). The van der Waals surface area contributed by atoms with Crippen molar-refractivity contribution < 1.29 is 23.5 Å². The topological polar surface area (TPSA) is 78.4 Å². The van der Waals surface area contributed by atoms with Gasteiger partial charge in [0.05, 0.1) is 0 Å². The number of benzene rings is 1. The summed E-state index contributed by atoms with van der Waals surface area (Å²) in [6.07, 6.45) is -1.02. The molecule has 0 aliphatic heterocycles. The van der Waals surface area contributed by atoms with Crippen LogP contribution in [0.15, 0.2) is 18.2 Å². The number of rotatable bonds is 5. The fraction of sp³-hybridized carbons (Fsp3) is 0.429. The third-order valence-electron chi connectivity index (χ3n) is 2.82. The van der Waals surface area contributed by atoms with E-state index in [1.807, 2.05) is 5.32 Å². The van der Waals surface area contributed by atoms with Crippen LogP contribution in [0.25, 0.3) is 0 Å². The first kappa shape index (κ1) is 16.9. The lowest BCUT2D eigenvalue weighted by atomic mass is 9.94. The van der Waals surface area contributed by atoms with E-state index in [0.717, 1.165) is 12.1 Å². The molecule has 1 aromatic rings. The minimum Gasteiger partial charge on any atom is -0.465 e. The van der Waals surface area contributed by atoms with Crippen molar-refractivity contribution in [3.63, 3.8) is 0 Å². The van der Waals surface area contributed by atoms with Gasteiger partial charge < -0.3 is 15.7 Å². The largest absolute Gasteiger partial charge is 0.465 e. The van der Waals surface area contributed by atoms with Crippen LogP contribution in [0, 0.1) is 11.6 Å². The second-order valence-electron chi connectivity index (χ2n) is 5.47. The molecule has 0 unspecified atom stereocenters. The van der Waals surface area contributed by atoms with Gasteiger partial charge in [-0.25, -0.2) is 13.6 Å². The quantitative estimate of drug-likeness (QED) is 0.779. The van der Waals surface area contributed by atoms with Crippen LogP contribution in [0.5, 0.6) is 0 Å². The molecule has 0 aromatic heterocycles. The predicted molar refractivity (Wildman–Crippen MR) is 72.9 cm³/mol. The predicted octanol–water partition coefficient (Wildman–Crippen LogP) is 2.06. The van der Waals surface area contributed by atoms with Crippen molar-refractivity contribution in [1.29, 1.82) is 0 Å². The molecule has 0 aliphatic carbocycles. The summed E-state index contributed by atoms with van der Waals surface area (Å²) in [6.45, 7) is 4.83. The number of carbonyl (C=O) groups excluding carboxylic acids is 1. The van der Waals surface area contributed by atoms with Gasteiger partial charge in [-0.2, -0.15) is 0 Å². The van der Waals surface area contributed by atoms with Crippen molar-refractivity contribution in [2.24, 2.45) is 0 Å². The van der Waals surface area contributed by atoms with Gasteiger partial charge in [0.25, 0.3) is 0 Å². The lowest BCUT2D eigenvalue weighted by Crippen LogP contribution is -2.52. The van der Waals surface area contributed by atoms with Gasteiger partial charge in [-0.15, -0.1) is 0 Å². The molecular formula is C14H18F2N2O3. The molecule has 7 heteroatoms. The van der Waals surface area contributed by atoms with Crippen molar-refractivity contribution >= 4 is 12.0 Å². The zero-order valence-electron chi connectivity index (χ0n) is 12.0. The average Bonchev–Trinajstić information content (AvgIpc) is 2.32. The minimum atomic E-state index is -1.30. The first-order valence-electron chi connectivity index (χ1n) is 6.36. The standard InChI is InChI=1S/C14H18F2N2O3/c1-8(17-13(20)21)12(19)18-14(2,3)7-9-4-5-10(15)11(16)6-9/h4-6,8,17H,7H2,1-3H3,(H,18,19)(H,20,21)/t8-/m0/s1. The Morgan fingerprint density at radius 2 is 1.90 bits per heavy atom. The summed E-state index contributed by atoms with van der Waals surface area (Å²) in [5, 5.41) is 13.3. The highest BCUT2D eigenvalue weighted by atomic mass is 19.2. The van der Waals surface area contributed by atoms with E-state index in [1.54, 1.807) is 13.8 Å². The Bertz CT molecular complexity index is 547. The summed E-state index contributed by atoms with van der Waals surface area (Å²) >= 11 is 0. The van der Waals surface area contributed by atoms with Gasteiger partial charge in [-0.3, -0.25) is 4.79 Å². The minimum absolute atomic E-state index is 0.274. The fourth-order valence-electron chi connectivity index (χ4n) is 1.90. The maximum absolute atomic E-state index is 13.2. The molecule has 21 heavy (non-hydrogen) atoms. The molecule has 116 valence electrons. The lowest BCUT2D eigenvalue weighted by Gasteiger charge is -2.28. The molecule has 0 saturated heterocycles. The van der Waals surface area contributed by atoms with Gasteiger partial charge in [-0.1, -0.05) is 6.07 Å². The average molecular weight is 300 g/mol. The van der Waals surface area contributed by atoms with Crippen molar-refractivity contribution in [3.05, 3.63) is 35.4 Å². The van der Waals surface area contributed by atoms with Crippen LogP contribution in [0.1, 0.15) is 26.3 Å². The van der Waals surface area contributed by atoms with E-state index in [4.69, 9.17) is 5.11 Å². The highest BCUT2D eigenvalue weighted by Gasteiger charge is 2.25. The smallest absolute Gasteiger partial charge is 0.405 e. The van der Waals surface area contributed by atoms with Crippen LogP contribution in [-0.2, 0) is 11.2 Å². The Morgan fingerprint density at radius 1 is 1.29 bits per heavy atom. The SMILES string of the molecule is C[C@H](NC(=O)O)C(=O)NC(C)(C)Cc1ccc(F)c(F)c1. The van der Waals surface area contributed by atoms with E-state index in [2.05, 4.69) is 5.32 Å². The van der Waals surface area contributed by atoms with Crippen molar-refractivity contribution in [2.45, 2.75) is 38.8 Å². The highest BCUT2D eigenvalue weighted by Crippen LogP contribution is 2.16. The number of carboxylic acid groups (broad SMARTS) is 1. The van der Waals surface area contributed by atoms with Crippen LogP contribution >= 0.6 is 0 Å². The Kier molecular flexibility index (Phi) is 5.23. The van der Waals surface area contributed by atoms with Crippen LogP contribution in [-0.4, -0.2) is 28.7 Å². The third kappa shape index (κ3) is 5.37. The first-order chi connectivity index (χ1) is 9.60. The van der Waals surface area contributed by atoms with E-state index in [1.165, 1.54) is 13.0 Å². The van der Waals surface area contributed by atoms with E-state index in [-0.39, 0.29) is 6.42 Å². The molecule has 0 aliphatic rings. The summed E-state index contributed by atoms with van der Waals surface area (Å²) in [7, 11) is 0. The number of hydrogen-bond acceptors (Lipinski definition) is 2. The number of amides is 2. The molecule has 3 N–H and O–H groups in total. The Hall–Kier alpha value is -2.18. The second-order valence-corrected chi connectivity index (χ2v) is 5.47. The summed E-state index contributed by atoms with van der Waals surface area (Å²) in [4.78, 5) is 22.3. The molecule has 0 heterocycles. The summed E-state index contributed by atoms with van der Waals surface area (Å²) < 4.78 is 26.0. The third-order valence-corrected chi connectivity index (χ3v) is 2.82. The maximum atomic E-state index is 13.2. The molecule has 2 amide bonds. The molecular weight excluding hydrogens is 282 g/mol. The molecule has 1 atom stereocenters. The second kappa shape index (κ2) is 6.51. The van der Waals surface area contributed by atoms with Crippen LogP contribution in [0.4, 0.5) is 13.6 Å². The Morgan fingerprint density at radius 3 is 2.43 bits per heavy atom. The Balaban J connectivity index is 2.70. The van der Waals surface area contributed by atoms with E-state index in [9.17, 15) is 18.4 Å². The fourth-order valence-corrected chi connectivity index (χ4v) is 1.90. The van der Waals surface area contributed by atoms with Crippen molar-refractivity contribution in [1.82, 2.24) is 10.6 Å². The van der Waals surface area contributed by atoms with Crippen LogP contribution in [0.3, 0.4) is 0 Å². The van der Waals surface area contributed by atoms with Gasteiger partial charge in [0.2, 0.25) is 5.91 Å². The van der Waals surface area contributed by atoms with Gasteiger partial charge in [0, 0.05) is 5.54 Å². The van der Waals surface area contributed by atoms with Crippen LogP contribution in [0.2, 0.25) is 0 Å². The zero-order chi connectivity index (χ0) is 16.2. The van der Waals surface area contributed by atoms with Gasteiger partial charge in [-0.05, 0) is 44.9 Å². The molecule has 0 bridgehead atoms. The van der Waals surface area contributed by atoms with Gasteiger partial charge >= 0.3 is 6.09 Å². The Labute approximate surface area is 121 Å². The molecule has 5 nitrogen and oxygen atoms in total. The number of hydrogen-bond donors (Lipinski definition) is 3. The molecule has 0 fully saturated rings. The summed E-state index contributed by atoms with van der Waals surface area (Å²) in [6, 6.07) is 2.62. The van der Waals surface area contributed by atoms with E-state index < -0.39 is 35.2 Å². The molecule has 0 saturated carbocycles. The number of halogens is 2. The summed E-state index contributed by atoms with van der Waals surface area (Å²) in [5.41, 5.74) is -0.214. The first-order valence-corrected chi connectivity index (χ1v) is 6.36. The van der Waals surface area contributed by atoms with Gasteiger partial charge in [0.15, 0.2) is 11.6 Å². The highest BCUT2D eigenvalue weighted by molar-refractivity contribution is 5.85. The monoisotopic (exact) mass is 300 g/mol. The normalized spacial score (nSPS) is 12.6. The van der Waals surface area contributed by atoms with Crippen LogP contribution < -0.4 is 10.6 Å². The number of nitrogens with one attached hydrogen (secondary N) is 2. The molecule has 1 aromatic carbocycles. The lowest BCUT2D eigenvalue weighted by molar-refractivity contribution is -0.124. The van der Waals surface area contributed by atoms with Crippen molar-refractivity contribution in [2.75, 3.05) is 0 Å². The van der Waals surface area contributed by atoms with E-state index in [0.29, 0.717) is 5.56 Å². The van der Waals surface area contributed by atoms with Crippen molar-refractivity contribution in [3.8, 4) is 0 Å². The number of carbonyl (C=O) groups is 2. The zero-order valence-corrected chi connectivity index (χ0v) is 12.0. The molecule has 0 spiro atoms. The maximum Gasteiger partial charge on any atom is 0.405 e.